The largest absolute Gasteiger partial charge is 0.508 e. The van der Waals surface area contributed by atoms with Crippen molar-refractivity contribution < 1.29 is 15.0 Å². The van der Waals surface area contributed by atoms with Gasteiger partial charge in [-0.3, -0.25) is 4.79 Å². The molecule has 196 valence electrons. The highest BCUT2D eigenvalue weighted by Crippen LogP contribution is 2.53. The number of carbonyl (C=O) groups excluding carboxylic acids is 1. The summed E-state index contributed by atoms with van der Waals surface area (Å²) in [5.41, 5.74) is 3.25. The summed E-state index contributed by atoms with van der Waals surface area (Å²) in [5, 5.41) is 24.2. The number of hydrogen-bond acceptors (Lipinski definition) is 3. The van der Waals surface area contributed by atoms with E-state index in [1.54, 1.807) is 12.1 Å². The molecule has 2 atom stereocenters. The minimum absolute atomic E-state index is 0.0339. The van der Waals surface area contributed by atoms with E-state index in [9.17, 15) is 15.0 Å². The van der Waals surface area contributed by atoms with Crippen LogP contribution in [0.15, 0.2) is 84.9 Å². The number of rotatable bonds is 10. The number of unbranched alkanes of at least 4 members (excludes halogenated alkanes) is 6. The Kier molecular flexibility index (Phi) is 7.97. The number of hydrogen-bond donors (Lipinski definition) is 2. The normalized spacial score (nSPS) is 16.6. The maximum atomic E-state index is 14.2. The van der Waals surface area contributed by atoms with Crippen molar-refractivity contribution in [1.82, 2.24) is 4.90 Å². The average molecular weight is 508 g/mol. The maximum Gasteiger partial charge on any atom is 0.224 e. The number of aromatic hydroxyl groups is 2. The van der Waals surface area contributed by atoms with E-state index in [1.807, 2.05) is 77.7 Å². The van der Waals surface area contributed by atoms with E-state index in [-0.39, 0.29) is 17.4 Å². The minimum atomic E-state index is -0.475. The van der Waals surface area contributed by atoms with Crippen LogP contribution in [0.1, 0.15) is 92.6 Å². The van der Waals surface area contributed by atoms with Gasteiger partial charge in [-0.1, -0.05) is 118 Å². The van der Waals surface area contributed by atoms with Gasteiger partial charge in [-0.05, 0) is 35.1 Å². The lowest BCUT2D eigenvalue weighted by Crippen LogP contribution is -2.41. The quantitative estimate of drug-likeness (QED) is 0.212. The first-order valence-electron chi connectivity index (χ1n) is 14.0. The summed E-state index contributed by atoms with van der Waals surface area (Å²) in [6, 6.07) is 26.1. The Morgan fingerprint density at radius 2 is 1.13 bits per heavy atom. The second-order valence-corrected chi connectivity index (χ2v) is 10.4. The van der Waals surface area contributed by atoms with Crippen molar-refractivity contribution in [2.75, 3.05) is 0 Å². The molecule has 0 fully saturated rings. The molecule has 2 N–H and O–H groups in total. The van der Waals surface area contributed by atoms with Crippen LogP contribution in [0.2, 0.25) is 0 Å². The van der Waals surface area contributed by atoms with E-state index in [0.717, 1.165) is 41.2 Å². The summed E-state index contributed by atoms with van der Waals surface area (Å²) in [4.78, 5) is 16.1. The molecule has 2 unspecified atom stereocenters. The van der Waals surface area contributed by atoms with Gasteiger partial charge < -0.3 is 15.1 Å². The fourth-order valence-electron chi connectivity index (χ4n) is 6.01. The molecule has 4 nitrogen and oxygen atoms in total. The van der Waals surface area contributed by atoms with Crippen LogP contribution in [-0.2, 0) is 4.79 Å². The fraction of sp³-hybridized carbons (Fsp3) is 0.324. The predicted molar refractivity (Wildman–Crippen MR) is 153 cm³/mol. The molecule has 0 saturated carbocycles. The average Bonchev–Trinajstić information content (AvgIpc) is 2.95. The maximum absolute atomic E-state index is 14.2. The standard InChI is InChI=1S/C34H37NO3/c1-2-3-4-5-6-7-14-19-29(38)35-33(25-15-10-8-11-16-25)31-27(36)22-20-24-21-23-28(37)32(30(24)31)34(35)26-17-12-9-13-18-26/h8-13,15-18,20-23,33-34,36-37H,2-7,14,19H2,1H3. The van der Waals surface area contributed by atoms with E-state index >= 15 is 0 Å². The molecule has 1 amide bonds. The van der Waals surface area contributed by atoms with Crippen LogP contribution in [0, 0.1) is 0 Å². The van der Waals surface area contributed by atoms with Crippen molar-refractivity contribution in [3.8, 4) is 11.5 Å². The van der Waals surface area contributed by atoms with Gasteiger partial charge in [-0.2, -0.15) is 0 Å². The van der Waals surface area contributed by atoms with Crippen molar-refractivity contribution in [1.29, 1.82) is 0 Å². The number of phenols is 2. The Bertz CT molecular complexity index is 1300. The van der Waals surface area contributed by atoms with Gasteiger partial charge in [0.1, 0.15) is 11.5 Å². The topological polar surface area (TPSA) is 60.8 Å². The molecule has 4 heteroatoms. The van der Waals surface area contributed by atoms with Crippen molar-refractivity contribution in [2.24, 2.45) is 0 Å². The zero-order valence-corrected chi connectivity index (χ0v) is 22.1. The Labute approximate surface area is 225 Å². The lowest BCUT2D eigenvalue weighted by atomic mass is 9.79. The molecule has 1 aliphatic rings. The smallest absolute Gasteiger partial charge is 0.224 e. The van der Waals surface area contributed by atoms with Crippen molar-refractivity contribution in [2.45, 2.75) is 70.4 Å². The highest BCUT2D eigenvalue weighted by Gasteiger charge is 2.42. The van der Waals surface area contributed by atoms with Crippen molar-refractivity contribution >= 4 is 16.7 Å². The molecular formula is C34H37NO3. The van der Waals surface area contributed by atoms with E-state index in [1.165, 1.54) is 25.7 Å². The fourth-order valence-corrected chi connectivity index (χ4v) is 6.01. The Morgan fingerprint density at radius 1 is 0.658 bits per heavy atom. The van der Waals surface area contributed by atoms with E-state index in [0.29, 0.717) is 17.5 Å². The first kappa shape index (κ1) is 25.8. The highest BCUT2D eigenvalue weighted by atomic mass is 16.3. The van der Waals surface area contributed by atoms with Crippen LogP contribution in [-0.4, -0.2) is 21.0 Å². The summed E-state index contributed by atoms with van der Waals surface area (Å²) >= 11 is 0. The van der Waals surface area contributed by atoms with Gasteiger partial charge in [0, 0.05) is 22.9 Å². The molecular weight excluding hydrogens is 470 g/mol. The number of nitrogens with zero attached hydrogens (tertiary/aromatic N) is 1. The molecule has 0 aromatic heterocycles. The van der Waals surface area contributed by atoms with Gasteiger partial charge in [0.05, 0.1) is 12.1 Å². The van der Waals surface area contributed by atoms with Crippen LogP contribution >= 0.6 is 0 Å². The van der Waals surface area contributed by atoms with E-state index < -0.39 is 12.1 Å². The summed E-state index contributed by atoms with van der Waals surface area (Å²) in [6.07, 6.45) is 8.38. The minimum Gasteiger partial charge on any atom is -0.508 e. The van der Waals surface area contributed by atoms with Gasteiger partial charge in [0.2, 0.25) is 5.91 Å². The van der Waals surface area contributed by atoms with Crippen molar-refractivity contribution in [3.63, 3.8) is 0 Å². The van der Waals surface area contributed by atoms with Crippen LogP contribution in [0.5, 0.6) is 11.5 Å². The van der Waals surface area contributed by atoms with Gasteiger partial charge >= 0.3 is 0 Å². The van der Waals surface area contributed by atoms with Gasteiger partial charge in [0.15, 0.2) is 0 Å². The van der Waals surface area contributed by atoms with E-state index in [2.05, 4.69) is 6.92 Å². The van der Waals surface area contributed by atoms with Crippen LogP contribution in [0.4, 0.5) is 0 Å². The molecule has 0 bridgehead atoms. The second-order valence-electron chi connectivity index (χ2n) is 10.4. The molecule has 0 aliphatic carbocycles. The molecule has 5 rings (SSSR count). The van der Waals surface area contributed by atoms with E-state index in [4.69, 9.17) is 0 Å². The number of phenolic OH excluding ortho intramolecular Hbond substituents is 2. The zero-order valence-electron chi connectivity index (χ0n) is 22.1. The Morgan fingerprint density at radius 3 is 1.63 bits per heavy atom. The van der Waals surface area contributed by atoms with Crippen LogP contribution in [0.3, 0.4) is 0 Å². The first-order valence-corrected chi connectivity index (χ1v) is 14.0. The molecule has 0 spiro atoms. The molecule has 0 saturated heterocycles. The second kappa shape index (κ2) is 11.7. The van der Waals surface area contributed by atoms with Gasteiger partial charge in [-0.15, -0.1) is 0 Å². The monoisotopic (exact) mass is 507 g/mol. The third-order valence-corrected chi connectivity index (χ3v) is 7.84. The van der Waals surface area contributed by atoms with Gasteiger partial charge in [-0.25, -0.2) is 0 Å². The summed E-state index contributed by atoms with van der Waals surface area (Å²) < 4.78 is 0. The molecule has 1 aliphatic heterocycles. The first-order chi connectivity index (χ1) is 18.6. The zero-order chi connectivity index (χ0) is 26.5. The molecule has 4 aromatic carbocycles. The summed E-state index contributed by atoms with van der Waals surface area (Å²) in [7, 11) is 0. The number of benzene rings is 4. The Balaban J connectivity index is 1.62. The van der Waals surface area contributed by atoms with Crippen LogP contribution in [0.25, 0.3) is 10.8 Å². The molecule has 0 radical (unpaired) electrons. The molecule has 38 heavy (non-hydrogen) atoms. The SMILES string of the molecule is CCCCCCCCCC(=O)N1C(c2ccccc2)c2c(O)ccc3ccc(O)c(c23)C1c1ccccc1. The third-order valence-electron chi connectivity index (χ3n) is 7.84. The highest BCUT2D eigenvalue weighted by molar-refractivity contribution is 5.96. The van der Waals surface area contributed by atoms with Crippen molar-refractivity contribution in [3.05, 3.63) is 107 Å². The summed E-state index contributed by atoms with van der Waals surface area (Å²) in [6.45, 7) is 2.22. The third kappa shape index (κ3) is 5.00. The molecule has 4 aromatic rings. The number of amides is 1. The lowest BCUT2D eigenvalue weighted by molar-refractivity contribution is -0.135. The van der Waals surface area contributed by atoms with Gasteiger partial charge in [0.25, 0.3) is 0 Å². The summed E-state index contributed by atoms with van der Waals surface area (Å²) in [5.74, 6) is 0.309. The lowest BCUT2D eigenvalue weighted by Gasteiger charge is -2.44. The predicted octanol–water partition coefficient (Wildman–Crippen LogP) is 8.41. The van der Waals surface area contributed by atoms with Crippen LogP contribution < -0.4 is 0 Å². The Hall–Kier alpha value is -3.79. The number of carbonyl (C=O) groups is 1. The molecule has 1 heterocycles.